The highest BCUT2D eigenvalue weighted by Crippen LogP contribution is 2.26. The second-order valence-electron chi connectivity index (χ2n) is 6.29. The van der Waals surface area contributed by atoms with E-state index in [1.807, 2.05) is 60.3 Å². The SMILES string of the molecule is Cc1ccc(CN(Cc2cccnc2)C(=O)c2cc3sccc3n2C)o1. The third-order valence-electron chi connectivity index (χ3n) is 4.41. The van der Waals surface area contributed by atoms with Crippen LogP contribution in [0.1, 0.15) is 27.6 Å². The zero-order chi connectivity index (χ0) is 18.1. The van der Waals surface area contributed by atoms with Crippen molar-refractivity contribution < 1.29 is 9.21 Å². The maximum atomic E-state index is 13.3. The van der Waals surface area contributed by atoms with E-state index in [4.69, 9.17) is 4.42 Å². The number of fused-ring (bicyclic) bond motifs is 1. The molecule has 26 heavy (non-hydrogen) atoms. The summed E-state index contributed by atoms with van der Waals surface area (Å²) in [4.78, 5) is 19.3. The fourth-order valence-electron chi connectivity index (χ4n) is 3.09. The molecule has 1 amide bonds. The summed E-state index contributed by atoms with van der Waals surface area (Å²) in [5.74, 6) is 1.60. The minimum Gasteiger partial charge on any atom is -0.464 e. The first-order valence-corrected chi connectivity index (χ1v) is 9.26. The molecular formula is C20H19N3O2S. The first kappa shape index (κ1) is 16.6. The average Bonchev–Trinajstić information content (AvgIpc) is 3.33. The van der Waals surface area contributed by atoms with Gasteiger partial charge in [0.05, 0.1) is 16.8 Å². The van der Waals surface area contributed by atoms with E-state index in [-0.39, 0.29) is 5.91 Å². The molecule has 0 radical (unpaired) electrons. The van der Waals surface area contributed by atoms with Gasteiger partial charge < -0.3 is 13.9 Å². The Morgan fingerprint density at radius 2 is 2.15 bits per heavy atom. The number of carbonyl (C=O) groups excluding carboxylic acids is 1. The summed E-state index contributed by atoms with van der Waals surface area (Å²) in [6, 6.07) is 11.7. The lowest BCUT2D eigenvalue weighted by Gasteiger charge is -2.22. The van der Waals surface area contributed by atoms with Crippen molar-refractivity contribution in [1.82, 2.24) is 14.5 Å². The van der Waals surface area contributed by atoms with Crippen molar-refractivity contribution in [2.24, 2.45) is 7.05 Å². The molecule has 0 fully saturated rings. The number of hydrogen-bond acceptors (Lipinski definition) is 4. The maximum Gasteiger partial charge on any atom is 0.271 e. The van der Waals surface area contributed by atoms with Crippen LogP contribution < -0.4 is 0 Å². The minimum absolute atomic E-state index is 0.0196. The Hall–Kier alpha value is -2.86. The number of aryl methyl sites for hydroxylation is 2. The first-order valence-electron chi connectivity index (χ1n) is 8.38. The molecule has 0 unspecified atom stereocenters. The number of hydrogen-bond donors (Lipinski definition) is 0. The molecule has 0 atom stereocenters. The molecule has 5 nitrogen and oxygen atoms in total. The molecule has 0 bridgehead atoms. The van der Waals surface area contributed by atoms with Gasteiger partial charge in [-0.15, -0.1) is 11.3 Å². The Balaban J connectivity index is 1.67. The molecule has 132 valence electrons. The van der Waals surface area contributed by atoms with Crippen LogP contribution in [0.3, 0.4) is 0 Å². The standard InChI is InChI=1S/C20H19N3O2S/c1-14-5-6-16(25-14)13-23(12-15-4-3-8-21-11-15)20(24)18-10-19-17(22(18)2)7-9-26-19/h3-11H,12-13H2,1-2H3. The van der Waals surface area contributed by atoms with Crippen molar-refractivity contribution >= 4 is 27.5 Å². The van der Waals surface area contributed by atoms with Crippen molar-refractivity contribution in [3.63, 3.8) is 0 Å². The highest BCUT2D eigenvalue weighted by molar-refractivity contribution is 7.17. The number of amides is 1. The number of carbonyl (C=O) groups is 1. The van der Waals surface area contributed by atoms with Gasteiger partial charge in [-0.2, -0.15) is 0 Å². The molecule has 0 aliphatic rings. The minimum atomic E-state index is -0.0196. The molecule has 0 aromatic carbocycles. The van der Waals surface area contributed by atoms with Crippen molar-refractivity contribution in [3.8, 4) is 0 Å². The Morgan fingerprint density at radius 3 is 2.85 bits per heavy atom. The van der Waals surface area contributed by atoms with Crippen molar-refractivity contribution in [2.75, 3.05) is 0 Å². The Bertz CT molecular complexity index is 1050. The first-order chi connectivity index (χ1) is 12.6. The van der Waals surface area contributed by atoms with Gasteiger partial charge in [0.25, 0.3) is 5.91 Å². The molecule has 0 aliphatic carbocycles. The normalized spacial score (nSPS) is 11.2. The van der Waals surface area contributed by atoms with Gasteiger partial charge in [-0.3, -0.25) is 9.78 Å². The van der Waals surface area contributed by atoms with Crippen LogP contribution in [0.15, 0.2) is 58.6 Å². The van der Waals surface area contributed by atoms with E-state index in [0.29, 0.717) is 18.8 Å². The van der Waals surface area contributed by atoms with E-state index in [9.17, 15) is 4.79 Å². The van der Waals surface area contributed by atoms with E-state index < -0.39 is 0 Å². The summed E-state index contributed by atoms with van der Waals surface area (Å²) in [6.45, 7) is 2.80. The van der Waals surface area contributed by atoms with Crippen molar-refractivity contribution in [3.05, 3.63) is 76.9 Å². The summed E-state index contributed by atoms with van der Waals surface area (Å²) in [5, 5.41) is 2.04. The predicted octanol–water partition coefficient (Wildman–Crippen LogP) is 4.38. The van der Waals surface area contributed by atoms with Gasteiger partial charge >= 0.3 is 0 Å². The lowest BCUT2D eigenvalue weighted by atomic mass is 10.2. The molecule has 0 aliphatic heterocycles. The van der Waals surface area contributed by atoms with Gasteiger partial charge in [0.2, 0.25) is 0 Å². The summed E-state index contributed by atoms with van der Waals surface area (Å²) < 4.78 is 8.77. The van der Waals surface area contributed by atoms with Gasteiger partial charge in [0.15, 0.2) is 0 Å². The lowest BCUT2D eigenvalue weighted by Crippen LogP contribution is -2.31. The topological polar surface area (TPSA) is 51.3 Å². The van der Waals surface area contributed by atoms with Crippen LogP contribution in [0, 0.1) is 6.92 Å². The van der Waals surface area contributed by atoms with Crippen LogP contribution in [0.5, 0.6) is 0 Å². The predicted molar refractivity (Wildman–Crippen MR) is 102 cm³/mol. The average molecular weight is 365 g/mol. The molecule has 0 N–H and O–H groups in total. The van der Waals surface area contributed by atoms with E-state index >= 15 is 0 Å². The fraction of sp³-hybridized carbons (Fsp3) is 0.200. The van der Waals surface area contributed by atoms with Crippen molar-refractivity contribution in [2.45, 2.75) is 20.0 Å². The maximum absolute atomic E-state index is 13.3. The van der Waals surface area contributed by atoms with Crippen LogP contribution in [-0.4, -0.2) is 20.4 Å². The third-order valence-corrected chi connectivity index (χ3v) is 5.26. The number of furan rings is 1. The number of rotatable bonds is 5. The van der Waals surface area contributed by atoms with Gasteiger partial charge in [0.1, 0.15) is 17.2 Å². The summed E-state index contributed by atoms with van der Waals surface area (Å²) in [5.41, 5.74) is 2.74. The van der Waals surface area contributed by atoms with Gasteiger partial charge in [-0.25, -0.2) is 0 Å². The van der Waals surface area contributed by atoms with Gasteiger partial charge in [-0.05, 0) is 48.2 Å². The van der Waals surface area contributed by atoms with E-state index in [2.05, 4.69) is 4.98 Å². The molecule has 4 heterocycles. The van der Waals surface area contributed by atoms with Crippen LogP contribution >= 0.6 is 11.3 Å². The number of aromatic nitrogens is 2. The van der Waals surface area contributed by atoms with Gasteiger partial charge in [-0.1, -0.05) is 6.07 Å². The summed E-state index contributed by atoms with van der Waals surface area (Å²) in [7, 11) is 1.93. The molecule has 4 rings (SSSR count). The van der Waals surface area contributed by atoms with Crippen LogP contribution in [0.4, 0.5) is 0 Å². The smallest absolute Gasteiger partial charge is 0.271 e. The molecule has 6 heteroatoms. The number of nitrogens with zero attached hydrogens (tertiary/aromatic N) is 3. The molecule has 0 spiro atoms. The van der Waals surface area contributed by atoms with E-state index in [0.717, 1.165) is 27.3 Å². The quantitative estimate of drug-likeness (QED) is 0.527. The highest BCUT2D eigenvalue weighted by Gasteiger charge is 2.22. The Labute approximate surface area is 155 Å². The fourth-order valence-corrected chi connectivity index (χ4v) is 3.94. The van der Waals surface area contributed by atoms with E-state index in [1.165, 1.54) is 0 Å². The summed E-state index contributed by atoms with van der Waals surface area (Å²) >= 11 is 1.64. The molecule has 0 saturated carbocycles. The number of thiophene rings is 1. The molecule has 0 saturated heterocycles. The number of pyridine rings is 1. The highest BCUT2D eigenvalue weighted by atomic mass is 32.1. The lowest BCUT2D eigenvalue weighted by molar-refractivity contribution is 0.0707. The molecule has 4 aromatic rings. The Morgan fingerprint density at radius 1 is 1.27 bits per heavy atom. The monoisotopic (exact) mass is 365 g/mol. The Kier molecular flexibility index (Phi) is 4.34. The zero-order valence-corrected chi connectivity index (χ0v) is 15.5. The second-order valence-corrected chi connectivity index (χ2v) is 7.24. The van der Waals surface area contributed by atoms with Crippen LogP contribution in [0.2, 0.25) is 0 Å². The van der Waals surface area contributed by atoms with Crippen LogP contribution in [0.25, 0.3) is 10.2 Å². The van der Waals surface area contributed by atoms with Crippen molar-refractivity contribution in [1.29, 1.82) is 0 Å². The second kappa shape index (κ2) is 6.80. The third kappa shape index (κ3) is 3.15. The summed E-state index contributed by atoms with van der Waals surface area (Å²) in [6.07, 6.45) is 3.52. The van der Waals surface area contributed by atoms with E-state index in [1.54, 1.807) is 28.6 Å². The largest absolute Gasteiger partial charge is 0.464 e. The zero-order valence-electron chi connectivity index (χ0n) is 14.7. The van der Waals surface area contributed by atoms with Gasteiger partial charge in [0, 0.05) is 26.0 Å². The molecule has 4 aromatic heterocycles. The molecular weight excluding hydrogens is 346 g/mol. The van der Waals surface area contributed by atoms with Crippen LogP contribution in [-0.2, 0) is 20.1 Å².